The van der Waals surface area contributed by atoms with Gasteiger partial charge in [0.15, 0.2) is 0 Å². The van der Waals surface area contributed by atoms with Crippen molar-refractivity contribution in [3.8, 4) is 0 Å². The van der Waals surface area contributed by atoms with Crippen LogP contribution in [-0.4, -0.2) is 30.3 Å². The van der Waals surface area contributed by atoms with Crippen LogP contribution < -0.4 is 15.5 Å². The summed E-state index contributed by atoms with van der Waals surface area (Å²) in [5.74, 6) is 0. The van der Waals surface area contributed by atoms with Gasteiger partial charge in [0.1, 0.15) is 0 Å². The van der Waals surface area contributed by atoms with Crippen molar-refractivity contribution in [1.29, 1.82) is 0 Å². The highest BCUT2D eigenvalue weighted by atomic mass is 16.3. The average molecular weight is 325 g/mol. The summed E-state index contributed by atoms with van der Waals surface area (Å²) in [6.45, 7) is 3.06. The van der Waals surface area contributed by atoms with E-state index in [2.05, 4.69) is 33.7 Å². The van der Waals surface area contributed by atoms with E-state index < -0.39 is 6.10 Å². The van der Waals surface area contributed by atoms with Crippen molar-refractivity contribution >= 4 is 23.1 Å². The van der Waals surface area contributed by atoms with E-state index in [1.165, 1.54) is 11.3 Å². The second-order valence-electron chi connectivity index (χ2n) is 6.07. The molecule has 1 heterocycles. The zero-order valence-corrected chi connectivity index (χ0v) is 13.8. The van der Waals surface area contributed by atoms with E-state index in [9.17, 15) is 9.90 Å². The molecule has 3 N–H and O–H groups in total. The average Bonchev–Trinajstić information content (AvgIpc) is 2.99. The molecule has 126 valence electrons. The third-order valence-corrected chi connectivity index (χ3v) is 4.18. The molecule has 0 aliphatic carbocycles. The quantitative estimate of drug-likeness (QED) is 0.790. The van der Waals surface area contributed by atoms with Gasteiger partial charge >= 0.3 is 6.03 Å². The van der Waals surface area contributed by atoms with Crippen molar-refractivity contribution in [2.45, 2.75) is 25.9 Å². The lowest BCUT2D eigenvalue weighted by molar-refractivity contribution is 0.184. The molecule has 1 aliphatic rings. The summed E-state index contributed by atoms with van der Waals surface area (Å²) in [7, 11) is 0. The van der Waals surface area contributed by atoms with Crippen LogP contribution in [0.5, 0.6) is 0 Å². The number of carbonyl (C=O) groups is 1. The summed E-state index contributed by atoms with van der Waals surface area (Å²) < 4.78 is 0. The van der Waals surface area contributed by atoms with Gasteiger partial charge in [-0.15, -0.1) is 0 Å². The molecule has 5 nitrogen and oxygen atoms in total. The number of aliphatic hydroxyl groups excluding tert-OH is 1. The van der Waals surface area contributed by atoms with Crippen LogP contribution in [0.2, 0.25) is 0 Å². The van der Waals surface area contributed by atoms with Crippen LogP contribution in [0.4, 0.5) is 21.9 Å². The van der Waals surface area contributed by atoms with Crippen molar-refractivity contribution in [3.63, 3.8) is 0 Å². The number of rotatable bonds is 5. The predicted molar refractivity (Wildman–Crippen MR) is 96.9 cm³/mol. The Labute approximate surface area is 142 Å². The largest absolute Gasteiger partial charge is 0.393 e. The highest BCUT2D eigenvalue weighted by Gasteiger charge is 2.22. The molecule has 3 rings (SSSR count). The molecule has 1 aliphatic heterocycles. The number of amides is 2. The fourth-order valence-corrected chi connectivity index (χ4v) is 2.96. The molecule has 24 heavy (non-hydrogen) atoms. The van der Waals surface area contributed by atoms with Crippen LogP contribution >= 0.6 is 0 Å². The number of benzene rings is 2. The van der Waals surface area contributed by atoms with E-state index in [0.29, 0.717) is 13.0 Å². The van der Waals surface area contributed by atoms with E-state index in [4.69, 9.17) is 0 Å². The maximum atomic E-state index is 12.1. The zero-order chi connectivity index (χ0) is 16.9. The van der Waals surface area contributed by atoms with E-state index in [1.807, 2.05) is 30.3 Å². The topological polar surface area (TPSA) is 64.6 Å². The number of hydrogen-bond acceptors (Lipinski definition) is 3. The first kappa shape index (κ1) is 16.3. The third-order valence-electron chi connectivity index (χ3n) is 4.18. The molecular formula is C19H23N3O2. The van der Waals surface area contributed by atoms with E-state index in [-0.39, 0.29) is 6.03 Å². The normalized spacial score (nSPS) is 14.2. The van der Waals surface area contributed by atoms with Crippen LogP contribution in [0.25, 0.3) is 0 Å². The van der Waals surface area contributed by atoms with Crippen LogP contribution in [-0.2, 0) is 6.42 Å². The van der Waals surface area contributed by atoms with Gasteiger partial charge in [-0.05, 0) is 43.5 Å². The van der Waals surface area contributed by atoms with Gasteiger partial charge in [-0.3, -0.25) is 0 Å². The molecule has 2 aromatic carbocycles. The molecule has 0 aromatic heterocycles. The van der Waals surface area contributed by atoms with Gasteiger partial charge in [-0.2, -0.15) is 0 Å². The molecular weight excluding hydrogens is 302 g/mol. The van der Waals surface area contributed by atoms with Crippen molar-refractivity contribution in [3.05, 3.63) is 54.1 Å². The summed E-state index contributed by atoms with van der Waals surface area (Å²) in [6, 6.07) is 15.9. The minimum Gasteiger partial charge on any atom is -0.393 e. The van der Waals surface area contributed by atoms with Crippen molar-refractivity contribution in [2.75, 3.05) is 23.3 Å². The Morgan fingerprint density at radius 2 is 1.88 bits per heavy atom. The molecule has 1 unspecified atom stereocenters. The third kappa shape index (κ3) is 3.68. The summed E-state index contributed by atoms with van der Waals surface area (Å²) in [5, 5.41) is 14.9. The first-order chi connectivity index (χ1) is 11.6. The molecule has 0 fully saturated rings. The number of para-hydroxylation sites is 3. The maximum absolute atomic E-state index is 12.1. The Kier molecular flexibility index (Phi) is 5.01. The number of aliphatic hydroxyl groups is 1. The Morgan fingerprint density at radius 1 is 1.17 bits per heavy atom. The monoisotopic (exact) mass is 325 g/mol. The number of anilines is 3. The molecule has 0 saturated heterocycles. The lowest BCUT2D eigenvalue weighted by Gasteiger charge is -2.23. The predicted octanol–water partition coefficient (Wildman–Crippen LogP) is 3.27. The number of urea groups is 1. The zero-order valence-electron chi connectivity index (χ0n) is 13.8. The number of nitrogens with one attached hydrogen (secondary N) is 2. The highest BCUT2D eigenvalue weighted by molar-refractivity contribution is 5.94. The van der Waals surface area contributed by atoms with E-state index >= 15 is 0 Å². The van der Waals surface area contributed by atoms with Crippen LogP contribution in [0, 0.1) is 0 Å². The molecule has 2 aromatic rings. The summed E-state index contributed by atoms with van der Waals surface area (Å²) >= 11 is 0. The standard InChI is InChI=1S/C19H23N3O2/c1-14(23)10-12-20-19(24)21-16-7-3-5-9-18(16)22-13-11-15-6-2-4-8-17(15)22/h2-9,14,23H,10-13H2,1H3,(H2,20,21,24). The first-order valence-corrected chi connectivity index (χ1v) is 8.32. The molecule has 0 bridgehead atoms. The smallest absolute Gasteiger partial charge is 0.319 e. The number of carbonyl (C=O) groups excluding carboxylic acids is 1. The number of hydrogen-bond donors (Lipinski definition) is 3. The Morgan fingerprint density at radius 3 is 2.67 bits per heavy atom. The minimum absolute atomic E-state index is 0.254. The van der Waals surface area contributed by atoms with Gasteiger partial charge in [0.05, 0.1) is 17.5 Å². The fraction of sp³-hybridized carbons (Fsp3) is 0.316. The van der Waals surface area contributed by atoms with Crippen LogP contribution in [0.1, 0.15) is 18.9 Å². The number of fused-ring (bicyclic) bond motifs is 1. The number of nitrogens with zero attached hydrogens (tertiary/aromatic N) is 1. The Balaban J connectivity index is 1.74. The van der Waals surface area contributed by atoms with E-state index in [0.717, 1.165) is 24.3 Å². The minimum atomic E-state index is -0.418. The summed E-state index contributed by atoms with van der Waals surface area (Å²) in [5.41, 5.74) is 4.30. The summed E-state index contributed by atoms with van der Waals surface area (Å²) in [6.07, 6.45) is 1.12. The molecule has 2 amide bonds. The Bertz CT molecular complexity index is 715. The van der Waals surface area contributed by atoms with Gasteiger partial charge in [0.25, 0.3) is 0 Å². The maximum Gasteiger partial charge on any atom is 0.319 e. The van der Waals surface area contributed by atoms with Gasteiger partial charge < -0.3 is 20.6 Å². The van der Waals surface area contributed by atoms with Crippen LogP contribution in [0.15, 0.2) is 48.5 Å². The second-order valence-corrected chi connectivity index (χ2v) is 6.07. The van der Waals surface area contributed by atoms with Gasteiger partial charge in [0, 0.05) is 18.8 Å². The van der Waals surface area contributed by atoms with Gasteiger partial charge in [0.2, 0.25) is 0 Å². The van der Waals surface area contributed by atoms with Gasteiger partial charge in [-0.25, -0.2) is 4.79 Å². The molecule has 1 atom stereocenters. The summed E-state index contributed by atoms with van der Waals surface area (Å²) in [4.78, 5) is 14.3. The fourth-order valence-electron chi connectivity index (χ4n) is 2.96. The van der Waals surface area contributed by atoms with Gasteiger partial charge in [-0.1, -0.05) is 30.3 Å². The lowest BCUT2D eigenvalue weighted by atomic mass is 10.2. The first-order valence-electron chi connectivity index (χ1n) is 8.32. The van der Waals surface area contributed by atoms with Crippen molar-refractivity contribution in [2.24, 2.45) is 0 Å². The second kappa shape index (κ2) is 7.36. The lowest BCUT2D eigenvalue weighted by Crippen LogP contribution is -2.31. The molecule has 0 radical (unpaired) electrons. The van der Waals surface area contributed by atoms with E-state index in [1.54, 1.807) is 6.92 Å². The van der Waals surface area contributed by atoms with Crippen LogP contribution in [0.3, 0.4) is 0 Å². The SMILES string of the molecule is CC(O)CCNC(=O)Nc1ccccc1N1CCc2ccccc21. The molecule has 5 heteroatoms. The van der Waals surface area contributed by atoms with Crippen molar-refractivity contribution < 1.29 is 9.90 Å². The molecule has 0 saturated carbocycles. The Hall–Kier alpha value is -2.53. The van der Waals surface area contributed by atoms with Crippen molar-refractivity contribution in [1.82, 2.24) is 5.32 Å². The molecule has 0 spiro atoms. The highest BCUT2D eigenvalue weighted by Crippen LogP contribution is 2.37.